The number of carboxylic acids is 1. The molecule has 1 atom stereocenters. The van der Waals surface area contributed by atoms with Crippen molar-refractivity contribution in [1.29, 1.82) is 0 Å². The van der Waals surface area contributed by atoms with E-state index in [0.29, 0.717) is 12.0 Å². The molecule has 0 radical (unpaired) electrons. The highest BCUT2D eigenvalue weighted by molar-refractivity contribution is 5.99. The molecule has 2 N–H and O–H groups in total. The average molecular weight is 318 g/mol. The van der Waals surface area contributed by atoms with Crippen molar-refractivity contribution >= 4 is 11.8 Å². The van der Waals surface area contributed by atoms with E-state index in [0.717, 1.165) is 36.5 Å². The Morgan fingerprint density at radius 2 is 1.91 bits per heavy atom. The predicted octanol–water partition coefficient (Wildman–Crippen LogP) is 3.42. The molecule has 0 aromatic rings. The first-order chi connectivity index (χ1) is 10.6. The molecule has 1 unspecified atom stereocenters. The minimum absolute atomic E-state index is 0.146. The second-order valence-corrected chi connectivity index (χ2v) is 7.48. The number of hydrogen-bond donors (Lipinski definition) is 2. The lowest BCUT2D eigenvalue weighted by Gasteiger charge is -2.47. The Bertz CT molecular complexity index is 617. The second-order valence-electron chi connectivity index (χ2n) is 7.48. The van der Waals surface area contributed by atoms with Gasteiger partial charge in [-0.15, -0.1) is 0 Å². The topological polar surface area (TPSA) is 74.6 Å². The predicted molar refractivity (Wildman–Crippen MR) is 88.9 cm³/mol. The summed E-state index contributed by atoms with van der Waals surface area (Å²) in [5.41, 5.74) is 0.211. The molecule has 2 aliphatic carbocycles. The first-order valence-corrected chi connectivity index (χ1v) is 8.16. The van der Waals surface area contributed by atoms with Gasteiger partial charge in [-0.05, 0) is 49.8 Å². The van der Waals surface area contributed by atoms with E-state index in [9.17, 15) is 14.7 Å². The molecular weight excluding hydrogens is 292 g/mol. The molecule has 0 aromatic heterocycles. The maximum Gasteiger partial charge on any atom is 0.328 e. The number of ketones is 1. The van der Waals surface area contributed by atoms with E-state index in [1.54, 1.807) is 19.1 Å². The summed E-state index contributed by atoms with van der Waals surface area (Å²) in [5.74, 6) is -0.595. The number of rotatable bonds is 4. The molecule has 1 fully saturated rings. The molecule has 0 heterocycles. The van der Waals surface area contributed by atoms with Gasteiger partial charge in [0, 0.05) is 23.5 Å². The number of allylic oxidation sites excluding steroid dienone is 3. The summed E-state index contributed by atoms with van der Waals surface area (Å²) in [6, 6.07) is 0. The lowest BCUT2D eigenvalue weighted by atomic mass is 9.59. The Labute approximate surface area is 137 Å². The normalized spacial score (nSPS) is 29.1. The smallest absolute Gasteiger partial charge is 0.328 e. The van der Waals surface area contributed by atoms with E-state index < -0.39 is 17.0 Å². The Morgan fingerprint density at radius 3 is 2.39 bits per heavy atom. The Hall–Kier alpha value is -1.68. The number of Topliss-reactive ketones (excluding diaryl/α,β-unsaturated/α-hetero) is 1. The van der Waals surface area contributed by atoms with Crippen LogP contribution in [0.5, 0.6) is 0 Å². The summed E-state index contributed by atoms with van der Waals surface area (Å²) in [4.78, 5) is 23.3. The highest BCUT2D eigenvalue weighted by Crippen LogP contribution is 2.50. The molecule has 126 valence electrons. The van der Waals surface area contributed by atoms with Gasteiger partial charge in [0.1, 0.15) is 5.60 Å². The van der Waals surface area contributed by atoms with Gasteiger partial charge in [0.15, 0.2) is 5.78 Å². The summed E-state index contributed by atoms with van der Waals surface area (Å²) in [6.07, 6.45) is 7.85. The van der Waals surface area contributed by atoms with Crippen LogP contribution in [0.1, 0.15) is 53.4 Å². The molecule has 4 heteroatoms. The first kappa shape index (κ1) is 17.7. The number of hydrogen-bond acceptors (Lipinski definition) is 3. The zero-order chi connectivity index (χ0) is 17.4. The first-order valence-electron chi connectivity index (χ1n) is 8.16. The van der Waals surface area contributed by atoms with Crippen molar-refractivity contribution in [3.8, 4) is 0 Å². The van der Waals surface area contributed by atoms with Crippen molar-refractivity contribution in [3.05, 3.63) is 34.9 Å². The summed E-state index contributed by atoms with van der Waals surface area (Å²) >= 11 is 0. The van der Waals surface area contributed by atoms with E-state index in [1.807, 2.05) is 20.8 Å². The maximum absolute atomic E-state index is 12.5. The van der Waals surface area contributed by atoms with Crippen molar-refractivity contribution in [3.63, 3.8) is 0 Å². The van der Waals surface area contributed by atoms with E-state index in [-0.39, 0.29) is 11.7 Å². The molecule has 2 rings (SSSR count). The van der Waals surface area contributed by atoms with Gasteiger partial charge in [-0.2, -0.15) is 0 Å². The van der Waals surface area contributed by atoms with Gasteiger partial charge in [0.25, 0.3) is 0 Å². The van der Waals surface area contributed by atoms with Crippen LogP contribution in [0.2, 0.25) is 0 Å². The Kier molecular flexibility index (Phi) is 4.67. The number of carboxylic acid groups (broad SMARTS) is 1. The van der Waals surface area contributed by atoms with Gasteiger partial charge in [-0.1, -0.05) is 26.3 Å². The van der Waals surface area contributed by atoms with Crippen LogP contribution in [0.15, 0.2) is 34.9 Å². The quantitative estimate of drug-likeness (QED) is 0.615. The molecule has 0 spiro atoms. The SMILES string of the molecule is CC(C=CC1(O)C(C)=C(C2CCC2)C(=O)CC1(C)C)=CC(=O)O. The minimum Gasteiger partial charge on any atom is -0.478 e. The van der Waals surface area contributed by atoms with Crippen LogP contribution in [0.4, 0.5) is 0 Å². The van der Waals surface area contributed by atoms with Crippen molar-refractivity contribution in [2.45, 2.75) is 59.0 Å². The van der Waals surface area contributed by atoms with Crippen molar-refractivity contribution < 1.29 is 19.8 Å². The van der Waals surface area contributed by atoms with Crippen LogP contribution in [-0.4, -0.2) is 27.6 Å². The summed E-state index contributed by atoms with van der Waals surface area (Å²) in [6.45, 7) is 7.28. The number of aliphatic carboxylic acids is 1. The number of carbonyl (C=O) groups excluding carboxylic acids is 1. The molecule has 0 aliphatic heterocycles. The lowest BCUT2D eigenvalue weighted by molar-refractivity contribution is -0.131. The third-order valence-electron chi connectivity index (χ3n) is 5.36. The molecule has 0 amide bonds. The maximum atomic E-state index is 12.5. The Morgan fingerprint density at radius 1 is 1.30 bits per heavy atom. The van der Waals surface area contributed by atoms with Gasteiger partial charge < -0.3 is 10.2 Å². The molecule has 0 aromatic carbocycles. The van der Waals surface area contributed by atoms with E-state index in [2.05, 4.69) is 0 Å². The molecule has 4 nitrogen and oxygen atoms in total. The fourth-order valence-electron chi connectivity index (χ4n) is 3.63. The number of aliphatic hydroxyl groups is 1. The van der Waals surface area contributed by atoms with E-state index in [1.165, 1.54) is 0 Å². The van der Waals surface area contributed by atoms with Gasteiger partial charge in [0.2, 0.25) is 0 Å². The van der Waals surface area contributed by atoms with Gasteiger partial charge in [-0.25, -0.2) is 4.79 Å². The summed E-state index contributed by atoms with van der Waals surface area (Å²) in [5, 5.41) is 20.1. The van der Waals surface area contributed by atoms with Crippen molar-refractivity contribution in [1.82, 2.24) is 0 Å². The van der Waals surface area contributed by atoms with E-state index in [4.69, 9.17) is 5.11 Å². The summed E-state index contributed by atoms with van der Waals surface area (Å²) in [7, 11) is 0. The monoisotopic (exact) mass is 318 g/mol. The fraction of sp³-hybridized carbons (Fsp3) is 0.579. The molecule has 1 saturated carbocycles. The molecule has 0 bridgehead atoms. The molecule has 2 aliphatic rings. The van der Waals surface area contributed by atoms with Crippen molar-refractivity contribution in [2.24, 2.45) is 11.3 Å². The van der Waals surface area contributed by atoms with E-state index >= 15 is 0 Å². The molecule has 0 saturated heterocycles. The van der Waals surface area contributed by atoms with Gasteiger partial charge >= 0.3 is 5.97 Å². The van der Waals surface area contributed by atoms with Crippen LogP contribution in [-0.2, 0) is 9.59 Å². The zero-order valence-corrected chi connectivity index (χ0v) is 14.3. The third-order valence-corrected chi connectivity index (χ3v) is 5.36. The molecular formula is C19H26O4. The minimum atomic E-state index is -1.24. The average Bonchev–Trinajstić information content (AvgIpc) is 2.36. The lowest BCUT2D eigenvalue weighted by Crippen LogP contribution is -2.50. The van der Waals surface area contributed by atoms with Crippen LogP contribution >= 0.6 is 0 Å². The van der Waals surface area contributed by atoms with Gasteiger partial charge in [-0.3, -0.25) is 4.79 Å². The number of carbonyl (C=O) groups is 2. The standard InChI is InChI=1S/C19H26O4/c1-12(10-16(21)22)8-9-19(23)13(2)17(14-6-5-7-14)15(20)11-18(19,3)4/h8-10,14,23H,5-7,11H2,1-4H3,(H,21,22). The fourth-order valence-corrected chi connectivity index (χ4v) is 3.63. The summed E-state index contributed by atoms with van der Waals surface area (Å²) < 4.78 is 0. The third kappa shape index (κ3) is 3.18. The highest BCUT2D eigenvalue weighted by Gasteiger charge is 2.50. The zero-order valence-electron chi connectivity index (χ0n) is 14.3. The molecule has 23 heavy (non-hydrogen) atoms. The second kappa shape index (κ2) is 6.08. The highest BCUT2D eigenvalue weighted by atomic mass is 16.4. The van der Waals surface area contributed by atoms with Gasteiger partial charge in [0.05, 0.1) is 0 Å². The largest absolute Gasteiger partial charge is 0.478 e. The Balaban J connectivity index is 2.46. The van der Waals surface area contributed by atoms with Crippen molar-refractivity contribution in [2.75, 3.05) is 0 Å². The van der Waals surface area contributed by atoms with Crippen LogP contribution in [0.25, 0.3) is 0 Å². The van der Waals surface area contributed by atoms with Crippen LogP contribution in [0.3, 0.4) is 0 Å². The van der Waals surface area contributed by atoms with Crippen LogP contribution in [0, 0.1) is 11.3 Å². The van der Waals surface area contributed by atoms with Crippen LogP contribution < -0.4 is 0 Å².